The highest BCUT2D eigenvalue weighted by Gasteiger charge is 2.76. The van der Waals surface area contributed by atoms with Crippen molar-refractivity contribution in [2.75, 3.05) is 6.67 Å². The molecule has 5 rings (SSSR count). The fourth-order valence-electron chi connectivity index (χ4n) is 5.51. The molecule has 2 aromatic carbocycles. The monoisotopic (exact) mass is 563 g/mol. The summed E-state index contributed by atoms with van der Waals surface area (Å²) in [6.07, 6.45) is 1.21. The minimum atomic E-state index is -1.47. The molecule has 0 radical (unpaired) electrons. The molecule has 40 heavy (non-hydrogen) atoms. The third kappa shape index (κ3) is 6.22. The summed E-state index contributed by atoms with van der Waals surface area (Å²) in [4.78, 5) is 48.9. The molecular formula is C30H33N3O6S. The van der Waals surface area contributed by atoms with Crippen molar-refractivity contribution < 1.29 is 28.6 Å². The van der Waals surface area contributed by atoms with Crippen LogP contribution in [0.15, 0.2) is 70.6 Å². The number of nitrogens with one attached hydrogen (secondary N) is 1. The summed E-state index contributed by atoms with van der Waals surface area (Å²) in [7, 11) is 0. The molecule has 0 bridgehead atoms. The minimum absolute atomic E-state index is 0.0368. The molecule has 2 saturated carbocycles. The van der Waals surface area contributed by atoms with E-state index in [4.69, 9.17) is 14.2 Å². The number of amides is 1. The lowest BCUT2D eigenvalue weighted by Crippen LogP contribution is -2.58. The van der Waals surface area contributed by atoms with Crippen molar-refractivity contribution in [3.63, 3.8) is 0 Å². The van der Waals surface area contributed by atoms with Gasteiger partial charge in [0.15, 0.2) is 0 Å². The number of hydrogen-bond acceptors (Lipinski definition) is 9. The van der Waals surface area contributed by atoms with Crippen molar-refractivity contribution in [2.45, 2.75) is 56.8 Å². The number of thioether (sulfide) groups is 1. The van der Waals surface area contributed by atoms with E-state index in [2.05, 4.69) is 15.3 Å². The molecule has 5 atom stereocenters. The van der Waals surface area contributed by atoms with E-state index in [9.17, 15) is 14.4 Å². The predicted molar refractivity (Wildman–Crippen MR) is 152 cm³/mol. The normalized spacial score (nSPS) is 26.4. The number of esters is 2. The molecule has 0 spiro atoms. The number of carbonyl (C=O) groups excluding carboxylic acids is 3. The predicted octanol–water partition coefficient (Wildman–Crippen LogP) is 4.54. The lowest BCUT2D eigenvalue weighted by atomic mass is 9.90. The van der Waals surface area contributed by atoms with E-state index in [1.165, 1.54) is 11.8 Å². The molecule has 2 fully saturated rings. The molecule has 1 N–H and O–H groups in total. The largest absolute Gasteiger partial charge is 0.461 e. The van der Waals surface area contributed by atoms with Crippen LogP contribution in [0, 0.1) is 17.8 Å². The van der Waals surface area contributed by atoms with Crippen LogP contribution >= 0.6 is 11.8 Å². The van der Waals surface area contributed by atoms with Gasteiger partial charge in [-0.3, -0.25) is 14.8 Å². The number of alkyl carbamates (subject to hydrolysis) is 1. The summed E-state index contributed by atoms with van der Waals surface area (Å²) in [5.41, 5.74) is -0.566. The van der Waals surface area contributed by atoms with Gasteiger partial charge in [0, 0.05) is 11.2 Å². The molecular weight excluding hydrogens is 530 g/mol. The first-order valence-corrected chi connectivity index (χ1v) is 14.2. The van der Waals surface area contributed by atoms with E-state index in [1.807, 2.05) is 60.7 Å². The van der Waals surface area contributed by atoms with Gasteiger partial charge in [-0.25, -0.2) is 9.59 Å². The summed E-state index contributed by atoms with van der Waals surface area (Å²) >= 11 is 1.47. The number of aliphatic imine (C=N–C) groups is 2. The highest BCUT2D eigenvalue weighted by Crippen LogP contribution is 2.66. The number of ether oxygens (including phenoxy) is 3. The van der Waals surface area contributed by atoms with Gasteiger partial charge in [0.1, 0.15) is 36.1 Å². The highest BCUT2D eigenvalue weighted by atomic mass is 32.2. The summed E-state index contributed by atoms with van der Waals surface area (Å²) in [6.45, 7) is 5.77. The topological polar surface area (TPSA) is 116 Å². The second-order valence-electron chi connectivity index (χ2n) is 11.2. The molecule has 2 aromatic rings. The first-order valence-electron chi connectivity index (χ1n) is 13.3. The Morgan fingerprint density at radius 2 is 1.60 bits per heavy atom. The maximum Gasteiger partial charge on any atom is 0.408 e. The molecule has 1 amide bonds. The number of nitrogens with zero attached hydrogens (tertiary/aromatic N) is 2. The summed E-state index contributed by atoms with van der Waals surface area (Å²) < 4.78 is 17.0. The maximum absolute atomic E-state index is 13.9. The molecule has 9 nitrogen and oxygen atoms in total. The Morgan fingerprint density at radius 3 is 2.17 bits per heavy atom. The SMILES string of the molecule is CC(C)(C)OC(=O)N[C@@]1(C(=O)OCc2ccccc2)C[C@@H](SC2=NCN=C2)[C@H]2[C@H](C(=O)OCc3ccccc3)[C@H]21. The molecule has 0 unspecified atom stereocenters. The fourth-order valence-corrected chi connectivity index (χ4v) is 6.93. The van der Waals surface area contributed by atoms with Crippen LogP contribution in [0.2, 0.25) is 0 Å². The molecule has 3 aliphatic rings. The highest BCUT2D eigenvalue weighted by molar-refractivity contribution is 8.16. The van der Waals surface area contributed by atoms with Crippen molar-refractivity contribution in [2.24, 2.45) is 27.7 Å². The van der Waals surface area contributed by atoms with Crippen LogP contribution in [-0.2, 0) is 37.0 Å². The molecule has 0 aromatic heterocycles. The molecule has 2 aliphatic carbocycles. The number of benzene rings is 2. The van der Waals surface area contributed by atoms with Gasteiger partial charge in [-0.15, -0.1) is 11.8 Å². The standard InChI is InChI=1S/C30H33N3O6S/c1-29(2,3)39-28(36)33-30(27(35)38-17-20-12-8-5-9-13-20)14-21(40-22-15-31-18-32-22)23-24(25(23)30)26(34)37-16-19-10-6-4-7-11-19/h4-13,15,21,23-25H,14,16-18H2,1-3H3,(H,33,36)/t21-,23+,24+,25+,30+/m1/s1. The average molecular weight is 564 g/mol. The third-order valence-electron chi connectivity index (χ3n) is 7.18. The van der Waals surface area contributed by atoms with Crippen molar-refractivity contribution >= 4 is 41.1 Å². The average Bonchev–Trinajstić information content (AvgIpc) is 3.32. The van der Waals surface area contributed by atoms with Crippen molar-refractivity contribution in [1.82, 2.24) is 5.32 Å². The van der Waals surface area contributed by atoms with E-state index in [-0.39, 0.29) is 30.8 Å². The smallest absolute Gasteiger partial charge is 0.408 e. The van der Waals surface area contributed by atoms with Gasteiger partial charge in [0.2, 0.25) is 0 Å². The zero-order valence-corrected chi connectivity index (χ0v) is 23.6. The van der Waals surface area contributed by atoms with Gasteiger partial charge in [0.05, 0.1) is 12.1 Å². The molecule has 1 aliphatic heterocycles. The molecule has 210 valence electrons. The zero-order valence-electron chi connectivity index (χ0n) is 22.7. The molecule has 0 saturated heterocycles. The van der Waals surface area contributed by atoms with Crippen LogP contribution in [-0.4, -0.2) is 52.3 Å². The van der Waals surface area contributed by atoms with Crippen molar-refractivity contribution in [3.8, 4) is 0 Å². The second kappa shape index (κ2) is 11.4. The second-order valence-corrected chi connectivity index (χ2v) is 12.5. The minimum Gasteiger partial charge on any atom is -0.461 e. The van der Waals surface area contributed by atoms with Crippen LogP contribution < -0.4 is 5.32 Å². The van der Waals surface area contributed by atoms with E-state index in [0.29, 0.717) is 6.67 Å². The van der Waals surface area contributed by atoms with Crippen molar-refractivity contribution in [1.29, 1.82) is 0 Å². The Morgan fingerprint density at radius 1 is 0.975 bits per heavy atom. The van der Waals surface area contributed by atoms with Crippen LogP contribution in [0.4, 0.5) is 4.79 Å². The lowest BCUT2D eigenvalue weighted by molar-refractivity contribution is -0.155. The lowest BCUT2D eigenvalue weighted by Gasteiger charge is -2.33. The fraction of sp³-hybridized carbons (Fsp3) is 0.433. The Kier molecular flexibility index (Phi) is 7.98. The quantitative estimate of drug-likeness (QED) is 0.370. The van der Waals surface area contributed by atoms with Gasteiger partial charge in [-0.05, 0) is 44.2 Å². The number of fused-ring (bicyclic) bond motifs is 1. The van der Waals surface area contributed by atoms with E-state index in [0.717, 1.165) is 16.2 Å². The van der Waals surface area contributed by atoms with Crippen LogP contribution in [0.5, 0.6) is 0 Å². The molecule has 1 heterocycles. The first-order chi connectivity index (χ1) is 19.2. The van der Waals surface area contributed by atoms with E-state index >= 15 is 0 Å². The summed E-state index contributed by atoms with van der Waals surface area (Å²) in [5, 5.41) is 3.40. The summed E-state index contributed by atoms with van der Waals surface area (Å²) in [6, 6.07) is 18.7. The number of hydrogen-bond donors (Lipinski definition) is 1. The number of carbonyl (C=O) groups is 3. The maximum atomic E-state index is 13.9. The van der Waals surface area contributed by atoms with E-state index in [1.54, 1.807) is 27.0 Å². The van der Waals surface area contributed by atoms with Crippen molar-refractivity contribution in [3.05, 3.63) is 71.8 Å². The van der Waals surface area contributed by atoms with Crippen LogP contribution in [0.3, 0.4) is 0 Å². The summed E-state index contributed by atoms with van der Waals surface area (Å²) in [5.74, 6) is -2.32. The Hall–Kier alpha value is -3.66. The number of rotatable bonds is 8. The van der Waals surface area contributed by atoms with Gasteiger partial charge in [-0.2, -0.15) is 0 Å². The van der Waals surface area contributed by atoms with E-state index < -0.39 is 41.0 Å². The molecule has 10 heteroatoms. The van der Waals surface area contributed by atoms with Gasteiger partial charge < -0.3 is 19.5 Å². The van der Waals surface area contributed by atoms with Gasteiger partial charge in [0.25, 0.3) is 0 Å². The zero-order chi connectivity index (χ0) is 28.3. The first kappa shape index (κ1) is 27.9. The Bertz CT molecular complexity index is 1310. The van der Waals surface area contributed by atoms with Crippen LogP contribution in [0.25, 0.3) is 0 Å². The Labute approximate surface area is 237 Å². The third-order valence-corrected chi connectivity index (χ3v) is 8.44. The van der Waals surface area contributed by atoms with Crippen LogP contribution in [0.1, 0.15) is 38.3 Å². The van der Waals surface area contributed by atoms with Gasteiger partial charge in [-0.1, -0.05) is 60.7 Å². The van der Waals surface area contributed by atoms with Gasteiger partial charge >= 0.3 is 18.0 Å². The Balaban J connectivity index is 1.41.